The lowest BCUT2D eigenvalue weighted by atomic mass is 9.96. The molecule has 0 bridgehead atoms. The highest BCUT2D eigenvalue weighted by molar-refractivity contribution is 5.24. The van der Waals surface area contributed by atoms with Crippen LogP contribution in [0.15, 0.2) is 24.3 Å². The quantitative estimate of drug-likeness (QED) is 0.801. The van der Waals surface area contributed by atoms with E-state index in [1.165, 1.54) is 49.7 Å². The fourth-order valence-electron chi connectivity index (χ4n) is 2.88. The molecule has 1 heterocycles. The molecule has 2 N–H and O–H groups in total. The fourth-order valence-corrected chi connectivity index (χ4v) is 2.88. The highest BCUT2D eigenvalue weighted by atomic mass is 16.5. The molecule has 0 saturated carbocycles. The average Bonchev–Trinajstić information content (AvgIpc) is 2.52. The molecule has 0 aromatic heterocycles. The maximum absolute atomic E-state index is 6.31. The Balaban J connectivity index is 1.77. The van der Waals surface area contributed by atoms with Crippen molar-refractivity contribution in [1.82, 2.24) is 0 Å². The minimum Gasteiger partial charge on any atom is -0.378 e. The average molecular weight is 275 g/mol. The first-order valence-electron chi connectivity index (χ1n) is 8.25. The molecule has 1 fully saturated rings. The number of rotatable bonds is 7. The van der Waals surface area contributed by atoms with Gasteiger partial charge in [0.1, 0.15) is 0 Å². The van der Waals surface area contributed by atoms with E-state index in [0.29, 0.717) is 6.10 Å². The van der Waals surface area contributed by atoms with Crippen molar-refractivity contribution in [3.8, 4) is 0 Å². The molecule has 112 valence electrons. The highest BCUT2D eigenvalue weighted by Crippen LogP contribution is 2.22. The van der Waals surface area contributed by atoms with E-state index < -0.39 is 0 Å². The monoisotopic (exact) mass is 275 g/mol. The van der Waals surface area contributed by atoms with E-state index in [-0.39, 0.29) is 6.04 Å². The molecule has 0 aliphatic carbocycles. The van der Waals surface area contributed by atoms with Crippen LogP contribution in [0.5, 0.6) is 0 Å². The predicted molar refractivity (Wildman–Crippen MR) is 84.8 cm³/mol. The van der Waals surface area contributed by atoms with Gasteiger partial charge in [-0.3, -0.25) is 0 Å². The van der Waals surface area contributed by atoms with Crippen LogP contribution in [0.4, 0.5) is 0 Å². The van der Waals surface area contributed by atoms with Crippen molar-refractivity contribution >= 4 is 0 Å². The van der Waals surface area contributed by atoms with Gasteiger partial charge in [0, 0.05) is 12.6 Å². The molecule has 2 nitrogen and oxygen atoms in total. The zero-order valence-corrected chi connectivity index (χ0v) is 12.8. The molecule has 2 rings (SSSR count). The summed E-state index contributed by atoms with van der Waals surface area (Å²) in [6.45, 7) is 3.17. The molecular weight excluding hydrogens is 246 g/mol. The maximum Gasteiger partial charge on any atom is 0.0575 e. The van der Waals surface area contributed by atoms with Crippen LogP contribution in [0.1, 0.15) is 69.0 Å². The van der Waals surface area contributed by atoms with E-state index in [0.717, 1.165) is 19.4 Å². The molecule has 0 amide bonds. The van der Waals surface area contributed by atoms with Crippen molar-refractivity contribution < 1.29 is 4.74 Å². The number of ether oxygens (including phenoxy) is 1. The van der Waals surface area contributed by atoms with Crippen LogP contribution in [-0.2, 0) is 11.2 Å². The Morgan fingerprint density at radius 1 is 1.25 bits per heavy atom. The molecule has 1 aromatic carbocycles. The minimum absolute atomic E-state index is 0.153. The third kappa shape index (κ3) is 4.92. The summed E-state index contributed by atoms with van der Waals surface area (Å²) in [6, 6.07) is 9.04. The summed E-state index contributed by atoms with van der Waals surface area (Å²) in [5, 5.41) is 0. The second-order valence-corrected chi connectivity index (χ2v) is 6.02. The van der Waals surface area contributed by atoms with Crippen molar-refractivity contribution in [2.75, 3.05) is 6.61 Å². The van der Waals surface area contributed by atoms with Crippen LogP contribution in [0.2, 0.25) is 0 Å². The third-order valence-electron chi connectivity index (χ3n) is 4.30. The van der Waals surface area contributed by atoms with Crippen LogP contribution < -0.4 is 5.73 Å². The lowest BCUT2D eigenvalue weighted by molar-refractivity contribution is 0.00912. The molecule has 20 heavy (non-hydrogen) atoms. The third-order valence-corrected chi connectivity index (χ3v) is 4.30. The Morgan fingerprint density at radius 3 is 2.70 bits per heavy atom. The van der Waals surface area contributed by atoms with Crippen molar-refractivity contribution in [1.29, 1.82) is 0 Å². The van der Waals surface area contributed by atoms with Gasteiger partial charge < -0.3 is 10.5 Å². The zero-order valence-electron chi connectivity index (χ0n) is 12.8. The number of aryl methyl sites for hydroxylation is 1. The lowest BCUT2D eigenvalue weighted by Crippen LogP contribution is -2.21. The topological polar surface area (TPSA) is 35.2 Å². The number of unbranched alkanes of at least 4 members (excludes halogenated alkanes) is 1. The standard InChI is InChI=1S/C18H29NO/c1-2-3-6-15-8-10-16(11-9-15)18(19)13-12-17-7-4-5-14-20-17/h8-11,17-18H,2-7,12-14,19H2,1H3. The van der Waals surface area contributed by atoms with Crippen molar-refractivity contribution in [3.63, 3.8) is 0 Å². The summed E-state index contributed by atoms with van der Waals surface area (Å²) in [4.78, 5) is 0. The van der Waals surface area contributed by atoms with E-state index in [1.54, 1.807) is 0 Å². The van der Waals surface area contributed by atoms with Gasteiger partial charge in [0.05, 0.1) is 6.10 Å². The Labute approximate surface area is 123 Å². The number of nitrogens with two attached hydrogens (primary N) is 1. The zero-order chi connectivity index (χ0) is 14.2. The molecule has 1 saturated heterocycles. The number of benzene rings is 1. The predicted octanol–water partition coefficient (Wildman–Crippen LogP) is 4.38. The smallest absolute Gasteiger partial charge is 0.0575 e. The summed E-state index contributed by atoms with van der Waals surface area (Å²) in [5.74, 6) is 0. The highest BCUT2D eigenvalue weighted by Gasteiger charge is 2.15. The Morgan fingerprint density at radius 2 is 2.05 bits per heavy atom. The number of hydrogen-bond donors (Lipinski definition) is 1. The van der Waals surface area contributed by atoms with E-state index >= 15 is 0 Å². The van der Waals surface area contributed by atoms with Gasteiger partial charge in [-0.1, -0.05) is 37.6 Å². The van der Waals surface area contributed by atoms with Gasteiger partial charge in [-0.15, -0.1) is 0 Å². The van der Waals surface area contributed by atoms with Crippen LogP contribution >= 0.6 is 0 Å². The summed E-state index contributed by atoms with van der Waals surface area (Å²) >= 11 is 0. The minimum atomic E-state index is 0.153. The van der Waals surface area contributed by atoms with Gasteiger partial charge in [-0.05, 0) is 56.1 Å². The lowest BCUT2D eigenvalue weighted by Gasteiger charge is -2.24. The summed E-state index contributed by atoms with van der Waals surface area (Å²) in [7, 11) is 0. The van der Waals surface area contributed by atoms with Gasteiger partial charge in [0.25, 0.3) is 0 Å². The van der Waals surface area contributed by atoms with Crippen molar-refractivity contribution in [2.24, 2.45) is 5.73 Å². The van der Waals surface area contributed by atoms with Crippen LogP contribution in [0.3, 0.4) is 0 Å². The first kappa shape index (κ1) is 15.5. The molecule has 1 aliphatic rings. The van der Waals surface area contributed by atoms with Crippen LogP contribution in [-0.4, -0.2) is 12.7 Å². The van der Waals surface area contributed by atoms with Crippen molar-refractivity contribution in [3.05, 3.63) is 35.4 Å². The molecule has 1 aliphatic heterocycles. The molecule has 1 aromatic rings. The summed E-state index contributed by atoms with van der Waals surface area (Å²) in [6.07, 6.45) is 10.0. The second kappa shape index (κ2) is 8.43. The first-order valence-corrected chi connectivity index (χ1v) is 8.25. The molecule has 0 spiro atoms. The first-order chi connectivity index (χ1) is 9.79. The largest absolute Gasteiger partial charge is 0.378 e. The number of hydrogen-bond acceptors (Lipinski definition) is 2. The van der Waals surface area contributed by atoms with Crippen molar-refractivity contribution in [2.45, 2.75) is 70.4 Å². The van der Waals surface area contributed by atoms with E-state index in [2.05, 4.69) is 31.2 Å². The van der Waals surface area contributed by atoms with Gasteiger partial charge >= 0.3 is 0 Å². The van der Waals surface area contributed by atoms with E-state index in [1.807, 2.05) is 0 Å². The summed E-state index contributed by atoms with van der Waals surface area (Å²) < 4.78 is 5.77. The fraction of sp³-hybridized carbons (Fsp3) is 0.667. The molecule has 2 unspecified atom stereocenters. The summed E-state index contributed by atoms with van der Waals surface area (Å²) in [5.41, 5.74) is 9.00. The Hall–Kier alpha value is -0.860. The normalized spacial score (nSPS) is 20.8. The van der Waals surface area contributed by atoms with Gasteiger partial charge in [0.2, 0.25) is 0 Å². The molecule has 2 atom stereocenters. The second-order valence-electron chi connectivity index (χ2n) is 6.02. The molecule has 0 radical (unpaired) electrons. The van der Waals surface area contributed by atoms with E-state index in [4.69, 9.17) is 10.5 Å². The van der Waals surface area contributed by atoms with Crippen LogP contribution in [0, 0.1) is 0 Å². The molecule has 2 heteroatoms. The maximum atomic E-state index is 6.31. The van der Waals surface area contributed by atoms with Gasteiger partial charge in [-0.25, -0.2) is 0 Å². The van der Waals surface area contributed by atoms with Crippen LogP contribution in [0.25, 0.3) is 0 Å². The Kier molecular flexibility index (Phi) is 6.55. The van der Waals surface area contributed by atoms with E-state index in [9.17, 15) is 0 Å². The van der Waals surface area contributed by atoms with Gasteiger partial charge in [-0.2, -0.15) is 0 Å². The SMILES string of the molecule is CCCCc1ccc(C(N)CCC2CCCCO2)cc1. The Bertz CT molecular complexity index is 368. The van der Waals surface area contributed by atoms with Gasteiger partial charge in [0.15, 0.2) is 0 Å². The molecular formula is C18H29NO.